The Morgan fingerprint density at radius 1 is 1.32 bits per heavy atom. The Hall–Kier alpha value is -0.990. The van der Waals surface area contributed by atoms with Crippen molar-refractivity contribution >= 4 is 27.3 Å². The minimum absolute atomic E-state index is 0.0712. The molecule has 0 spiro atoms. The Kier molecular flexibility index (Phi) is 3.93. The molecule has 8 heteroatoms. The number of aromatic nitrogens is 1. The van der Waals surface area contributed by atoms with E-state index in [2.05, 4.69) is 20.9 Å². The smallest absolute Gasteiger partial charge is 0.383 e. The molecule has 0 saturated heterocycles. The molecule has 1 N–H and O–H groups in total. The van der Waals surface area contributed by atoms with Crippen molar-refractivity contribution in [1.82, 2.24) is 4.98 Å². The van der Waals surface area contributed by atoms with Crippen LogP contribution in [0.25, 0.3) is 0 Å². The second kappa shape index (κ2) is 5.18. The van der Waals surface area contributed by atoms with Gasteiger partial charge in [-0.1, -0.05) is 22.0 Å². The van der Waals surface area contributed by atoms with Crippen LogP contribution in [0.5, 0.6) is 0 Å². The van der Waals surface area contributed by atoms with Crippen molar-refractivity contribution in [3.05, 3.63) is 50.1 Å². The van der Waals surface area contributed by atoms with Crippen LogP contribution in [-0.2, 0) is 6.18 Å². The summed E-state index contributed by atoms with van der Waals surface area (Å²) in [5.74, 6) is -0.705. The monoisotopic (exact) mass is 355 g/mol. The predicted molar refractivity (Wildman–Crippen MR) is 65.3 cm³/mol. The molecule has 0 aliphatic rings. The van der Waals surface area contributed by atoms with Gasteiger partial charge in [-0.15, -0.1) is 11.3 Å². The van der Waals surface area contributed by atoms with E-state index in [0.29, 0.717) is 0 Å². The normalized spacial score (nSPS) is 13.6. The van der Waals surface area contributed by atoms with Gasteiger partial charge in [-0.2, -0.15) is 13.2 Å². The molecule has 0 aliphatic heterocycles. The molecular formula is C11H6BrF4NOS. The zero-order valence-electron chi connectivity index (χ0n) is 9.08. The fourth-order valence-electron chi connectivity index (χ4n) is 1.46. The van der Waals surface area contributed by atoms with Gasteiger partial charge in [-0.25, -0.2) is 9.37 Å². The number of hydrogen-bond donors (Lipinski definition) is 1. The van der Waals surface area contributed by atoms with Gasteiger partial charge in [0.25, 0.3) is 0 Å². The van der Waals surface area contributed by atoms with Crippen molar-refractivity contribution in [1.29, 1.82) is 0 Å². The van der Waals surface area contributed by atoms with Crippen LogP contribution in [0.1, 0.15) is 21.6 Å². The molecule has 0 radical (unpaired) electrons. The number of aliphatic hydroxyl groups excluding tert-OH is 1. The Morgan fingerprint density at radius 2 is 2.00 bits per heavy atom. The van der Waals surface area contributed by atoms with E-state index in [4.69, 9.17) is 0 Å². The van der Waals surface area contributed by atoms with Crippen LogP contribution in [0, 0.1) is 5.82 Å². The van der Waals surface area contributed by atoms with E-state index in [1.54, 1.807) is 0 Å². The topological polar surface area (TPSA) is 33.1 Å². The van der Waals surface area contributed by atoms with Crippen LogP contribution >= 0.6 is 27.3 Å². The van der Waals surface area contributed by atoms with E-state index in [0.717, 1.165) is 12.3 Å². The fourth-order valence-corrected chi connectivity index (χ4v) is 2.80. The second-order valence-corrected chi connectivity index (χ2v) is 5.52. The lowest BCUT2D eigenvalue weighted by Crippen LogP contribution is -2.03. The van der Waals surface area contributed by atoms with Crippen molar-refractivity contribution < 1.29 is 22.7 Å². The van der Waals surface area contributed by atoms with Gasteiger partial charge in [0.05, 0.1) is 4.88 Å². The van der Waals surface area contributed by atoms with E-state index in [9.17, 15) is 22.7 Å². The third-order valence-corrected chi connectivity index (χ3v) is 4.09. The summed E-state index contributed by atoms with van der Waals surface area (Å²) >= 11 is 3.34. The molecule has 1 atom stereocenters. The molecule has 2 rings (SSSR count). The quantitative estimate of drug-likeness (QED) is 0.821. The Morgan fingerprint density at radius 3 is 2.53 bits per heavy atom. The molecule has 1 unspecified atom stereocenters. The lowest BCUT2D eigenvalue weighted by Gasteiger charge is -2.11. The number of benzene rings is 1. The van der Waals surface area contributed by atoms with Crippen LogP contribution in [-0.4, -0.2) is 10.1 Å². The van der Waals surface area contributed by atoms with Crippen LogP contribution in [0.2, 0.25) is 0 Å². The maximum absolute atomic E-state index is 13.6. The van der Waals surface area contributed by atoms with Gasteiger partial charge in [0.2, 0.25) is 0 Å². The molecule has 19 heavy (non-hydrogen) atoms. The average molecular weight is 356 g/mol. The van der Waals surface area contributed by atoms with Crippen molar-refractivity contribution in [3.8, 4) is 0 Å². The standard InChI is InChI=1S/C11H6BrF4NOS/c12-5-2-1-3-6(13)8(5)9(18)7-4-17-10(19-7)11(14,15)16/h1-4,9,18H. The molecular weight excluding hydrogens is 350 g/mol. The summed E-state index contributed by atoms with van der Waals surface area (Å²) in [5.41, 5.74) is -0.111. The first-order chi connectivity index (χ1) is 8.80. The zero-order chi connectivity index (χ0) is 14.2. The van der Waals surface area contributed by atoms with Gasteiger partial charge in [-0.05, 0) is 12.1 Å². The van der Waals surface area contributed by atoms with Crippen molar-refractivity contribution in [2.24, 2.45) is 0 Å². The third-order valence-electron chi connectivity index (χ3n) is 2.31. The summed E-state index contributed by atoms with van der Waals surface area (Å²) in [4.78, 5) is 3.12. The molecule has 0 aliphatic carbocycles. The first-order valence-corrected chi connectivity index (χ1v) is 6.56. The Bertz CT molecular complexity index is 578. The van der Waals surface area contributed by atoms with Gasteiger partial charge in [0, 0.05) is 16.2 Å². The van der Waals surface area contributed by atoms with E-state index < -0.39 is 23.1 Å². The minimum Gasteiger partial charge on any atom is -0.383 e. The van der Waals surface area contributed by atoms with E-state index in [-0.39, 0.29) is 26.3 Å². The summed E-state index contributed by atoms with van der Waals surface area (Å²) in [5, 5.41) is 8.89. The lowest BCUT2D eigenvalue weighted by molar-refractivity contribution is -0.137. The molecule has 102 valence electrons. The maximum Gasteiger partial charge on any atom is 0.443 e. The Labute approximate surface area is 117 Å². The van der Waals surface area contributed by atoms with Gasteiger partial charge < -0.3 is 5.11 Å². The first-order valence-electron chi connectivity index (χ1n) is 4.95. The molecule has 1 aromatic heterocycles. The molecule has 0 amide bonds. The highest BCUT2D eigenvalue weighted by Crippen LogP contribution is 2.38. The number of nitrogens with zero attached hydrogens (tertiary/aromatic N) is 1. The molecule has 0 saturated carbocycles. The predicted octanol–water partition coefficient (Wildman–Crippen LogP) is 4.15. The molecule has 2 aromatic rings. The minimum atomic E-state index is -4.57. The number of alkyl halides is 3. The number of rotatable bonds is 2. The van der Waals surface area contributed by atoms with Gasteiger partial charge in [0.1, 0.15) is 11.9 Å². The first kappa shape index (κ1) is 14.4. The number of thiazole rings is 1. The van der Waals surface area contributed by atoms with E-state index in [1.165, 1.54) is 12.1 Å². The van der Waals surface area contributed by atoms with Crippen LogP contribution in [0.15, 0.2) is 28.9 Å². The molecule has 1 heterocycles. The maximum atomic E-state index is 13.6. The van der Waals surface area contributed by atoms with Crippen molar-refractivity contribution in [3.63, 3.8) is 0 Å². The number of hydrogen-bond acceptors (Lipinski definition) is 3. The Balaban J connectivity index is 2.40. The molecule has 2 nitrogen and oxygen atoms in total. The molecule has 0 bridgehead atoms. The van der Waals surface area contributed by atoms with Gasteiger partial charge in [-0.3, -0.25) is 0 Å². The summed E-state index contributed by atoms with van der Waals surface area (Å²) in [7, 11) is 0. The highest BCUT2D eigenvalue weighted by Gasteiger charge is 2.35. The van der Waals surface area contributed by atoms with Crippen LogP contribution < -0.4 is 0 Å². The number of aliphatic hydroxyl groups is 1. The van der Waals surface area contributed by atoms with Crippen molar-refractivity contribution in [2.45, 2.75) is 12.3 Å². The zero-order valence-corrected chi connectivity index (χ0v) is 11.5. The SMILES string of the molecule is OC(c1cnc(C(F)(F)F)s1)c1c(F)cccc1Br. The highest BCUT2D eigenvalue weighted by molar-refractivity contribution is 9.10. The summed E-state index contributed by atoms with van der Waals surface area (Å²) in [6.45, 7) is 0. The molecule has 1 aromatic carbocycles. The fraction of sp³-hybridized carbons (Fsp3) is 0.182. The van der Waals surface area contributed by atoms with E-state index in [1.807, 2.05) is 0 Å². The third kappa shape index (κ3) is 2.96. The van der Waals surface area contributed by atoms with Gasteiger partial charge in [0.15, 0.2) is 5.01 Å². The summed E-state index contributed by atoms with van der Waals surface area (Å²) in [6, 6.07) is 4.03. The average Bonchev–Trinajstić information content (AvgIpc) is 2.77. The van der Waals surface area contributed by atoms with Crippen LogP contribution in [0.3, 0.4) is 0 Å². The largest absolute Gasteiger partial charge is 0.443 e. The number of halogens is 5. The van der Waals surface area contributed by atoms with Crippen molar-refractivity contribution in [2.75, 3.05) is 0 Å². The van der Waals surface area contributed by atoms with Gasteiger partial charge >= 0.3 is 6.18 Å². The summed E-state index contributed by atoms with van der Waals surface area (Å²) < 4.78 is 51.1. The summed E-state index contributed by atoms with van der Waals surface area (Å²) in [6.07, 6.45) is -5.17. The van der Waals surface area contributed by atoms with E-state index >= 15 is 0 Å². The highest BCUT2D eigenvalue weighted by atomic mass is 79.9. The lowest BCUT2D eigenvalue weighted by atomic mass is 10.1. The van der Waals surface area contributed by atoms with Crippen LogP contribution in [0.4, 0.5) is 17.6 Å². The molecule has 0 fully saturated rings. The second-order valence-electron chi connectivity index (χ2n) is 3.60.